The smallest absolute Gasteiger partial charge is 0.128 e. The fourth-order valence-corrected chi connectivity index (χ4v) is 1.03. The van der Waals surface area contributed by atoms with Crippen LogP contribution in [-0.2, 0) is 6.54 Å². The van der Waals surface area contributed by atoms with Crippen LogP contribution in [0.5, 0.6) is 0 Å². The van der Waals surface area contributed by atoms with E-state index in [1.807, 2.05) is 0 Å². The molecular formula is C7H8FNS. The van der Waals surface area contributed by atoms with Gasteiger partial charge >= 0.3 is 0 Å². The van der Waals surface area contributed by atoms with Crippen molar-refractivity contribution in [1.29, 1.82) is 0 Å². The molecule has 10 heavy (non-hydrogen) atoms. The van der Waals surface area contributed by atoms with Crippen LogP contribution in [0, 0.1) is 5.82 Å². The number of rotatable bonds is 1. The van der Waals surface area contributed by atoms with Crippen LogP contribution in [-0.4, -0.2) is 0 Å². The Labute approximate surface area is 64.5 Å². The minimum atomic E-state index is -0.282. The standard InChI is InChI=1S/C7H8FNS/c8-6-2-1-3-7(10)5(6)4-9/h1-3,10H,4,9H2. The number of hydrogen-bond acceptors (Lipinski definition) is 2. The molecule has 1 aromatic carbocycles. The van der Waals surface area contributed by atoms with Gasteiger partial charge in [-0.1, -0.05) is 6.07 Å². The predicted molar refractivity (Wildman–Crippen MR) is 41.5 cm³/mol. The maximum absolute atomic E-state index is 12.7. The molecular weight excluding hydrogens is 149 g/mol. The Morgan fingerprint density at radius 1 is 1.50 bits per heavy atom. The van der Waals surface area contributed by atoms with Crippen molar-refractivity contribution in [3.63, 3.8) is 0 Å². The van der Waals surface area contributed by atoms with Gasteiger partial charge in [0.2, 0.25) is 0 Å². The van der Waals surface area contributed by atoms with Crippen molar-refractivity contribution in [3.05, 3.63) is 29.6 Å². The molecule has 0 aromatic heterocycles. The predicted octanol–water partition coefficient (Wildman–Crippen LogP) is 1.57. The highest BCUT2D eigenvalue weighted by Gasteiger charge is 2.01. The van der Waals surface area contributed by atoms with Gasteiger partial charge in [-0.3, -0.25) is 0 Å². The molecule has 2 N–H and O–H groups in total. The summed E-state index contributed by atoms with van der Waals surface area (Å²) in [5.74, 6) is -0.282. The van der Waals surface area contributed by atoms with Gasteiger partial charge in [-0.2, -0.15) is 0 Å². The van der Waals surface area contributed by atoms with E-state index in [9.17, 15) is 4.39 Å². The molecule has 0 aliphatic heterocycles. The molecule has 0 bridgehead atoms. The Morgan fingerprint density at radius 2 is 2.20 bits per heavy atom. The molecule has 0 aliphatic rings. The van der Waals surface area contributed by atoms with Gasteiger partial charge in [-0.15, -0.1) is 12.6 Å². The maximum Gasteiger partial charge on any atom is 0.128 e. The highest BCUT2D eigenvalue weighted by Crippen LogP contribution is 2.15. The van der Waals surface area contributed by atoms with Crippen molar-refractivity contribution in [2.75, 3.05) is 0 Å². The summed E-state index contributed by atoms with van der Waals surface area (Å²) < 4.78 is 12.7. The molecule has 1 nitrogen and oxygen atoms in total. The lowest BCUT2D eigenvalue weighted by Gasteiger charge is -2.00. The van der Waals surface area contributed by atoms with Crippen molar-refractivity contribution in [3.8, 4) is 0 Å². The second-order valence-corrected chi connectivity index (χ2v) is 2.42. The van der Waals surface area contributed by atoms with Crippen LogP contribution in [0.3, 0.4) is 0 Å². The van der Waals surface area contributed by atoms with E-state index in [1.54, 1.807) is 12.1 Å². The van der Waals surface area contributed by atoms with Gasteiger partial charge in [-0.05, 0) is 12.1 Å². The molecule has 0 spiro atoms. The Kier molecular flexibility index (Phi) is 2.29. The average molecular weight is 157 g/mol. The third kappa shape index (κ3) is 1.30. The molecule has 0 aliphatic carbocycles. The molecule has 1 rings (SSSR count). The zero-order valence-electron chi connectivity index (χ0n) is 5.34. The molecule has 0 heterocycles. The fraction of sp³-hybridized carbons (Fsp3) is 0.143. The average Bonchev–Trinajstić information content (AvgIpc) is 1.88. The van der Waals surface area contributed by atoms with E-state index >= 15 is 0 Å². The van der Waals surface area contributed by atoms with Gasteiger partial charge in [-0.25, -0.2) is 4.39 Å². The number of thiol groups is 1. The maximum atomic E-state index is 12.7. The monoisotopic (exact) mass is 157 g/mol. The van der Waals surface area contributed by atoms with Gasteiger partial charge in [0.05, 0.1) is 0 Å². The van der Waals surface area contributed by atoms with Gasteiger partial charge in [0.1, 0.15) is 5.82 Å². The van der Waals surface area contributed by atoms with Gasteiger partial charge in [0, 0.05) is 17.0 Å². The van der Waals surface area contributed by atoms with E-state index in [4.69, 9.17) is 5.73 Å². The summed E-state index contributed by atoms with van der Waals surface area (Å²) >= 11 is 4.03. The topological polar surface area (TPSA) is 26.0 Å². The quantitative estimate of drug-likeness (QED) is 0.595. The number of halogens is 1. The Balaban J connectivity index is 3.17. The Bertz CT molecular complexity index is 217. The van der Waals surface area contributed by atoms with E-state index in [1.165, 1.54) is 6.07 Å². The van der Waals surface area contributed by atoms with Crippen LogP contribution in [0.25, 0.3) is 0 Å². The van der Waals surface area contributed by atoms with Gasteiger partial charge < -0.3 is 5.73 Å². The summed E-state index contributed by atoms with van der Waals surface area (Å²) in [6, 6.07) is 4.70. The molecule has 54 valence electrons. The summed E-state index contributed by atoms with van der Waals surface area (Å²) in [7, 11) is 0. The molecule has 1 aromatic rings. The molecule has 0 unspecified atom stereocenters. The fourth-order valence-electron chi connectivity index (χ4n) is 0.749. The van der Waals surface area contributed by atoms with E-state index in [2.05, 4.69) is 12.6 Å². The lowest BCUT2D eigenvalue weighted by Crippen LogP contribution is -2.00. The lowest BCUT2D eigenvalue weighted by atomic mass is 10.2. The van der Waals surface area contributed by atoms with Crippen molar-refractivity contribution in [2.24, 2.45) is 5.73 Å². The first kappa shape index (κ1) is 7.57. The third-order valence-electron chi connectivity index (χ3n) is 1.30. The summed E-state index contributed by atoms with van der Waals surface area (Å²) in [4.78, 5) is 0.613. The Morgan fingerprint density at radius 3 is 2.60 bits per heavy atom. The highest BCUT2D eigenvalue weighted by atomic mass is 32.1. The van der Waals surface area contributed by atoms with E-state index in [0.717, 1.165) is 0 Å². The molecule has 0 amide bonds. The van der Waals surface area contributed by atoms with Crippen LogP contribution in [0.15, 0.2) is 23.1 Å². The van der Waals surface area contributed by atoms with Crippen LogP contribution in [0.1, 0.15) is 5.56 Å². The zero-order valence-corrected chi connectivity index (χ0v) is 6.24. The summed E-state index contributed by atoms with van der Waals surface area (Å²) in [5.41, 5.74) is 5.74. The molecule has 0 fully saturated rings. The number of hydrogen-bond donors (Lipinski definition) is 2. The summed E-state index contributed by atoms with van der Waals surface area (Å²) in [5, 5.41) is 0. The largest absolute Gasteiger partial charge is 0.326 e. The molecule has 3 heteroatoms. The Hall–Kier alpha value is -0.540. The normalized spacial score (nSPS) is 9.90. The minimum Gasteiger partial charge on any atom is -0.326 e. The van der Waals surface area contributed by atoms with Crippen LogP contribution >= 0.6 is 12.6 Å². The third-order valence-corrected chi connectivity index (χ3v) is 1.72. The number of benzene rings is 1. The molecule has 0 radical (unpaired) electrons. The van der Waals surface area contributed by atoms with E-state index in [-0.39, 0.29) is 12.4 Å². The first-order chi connectivity index (χ1) is 4.75. The second-order valence-electron chi connectivity index (χ2n) is 1.94. The summed E-state index contributed by atoms with van der Waals surface area (Å²) in [6.45, 7) is 0.200. The minimum absolute atomic E-state index is 0.200. The van der Waals surface area contributed by atoms with E-state index < -0.39 is 0 Å². The molecule has 0 atom stereocenters. The first-order valence-electron chi connectivity index (χ1n) is 2.92. The number of nitrogens with two attached hydrogens (primary N) is 1. The van der Waals surface area contributed by atoms with Crippen LogP contribution in [0.4, 0.5) is 4.39 Å². The SMILES string of the molecule is NCc1c(F)cccc1S. The first-order valence-corrected chi connectivity index (χ1v) is 3.37. The molecule has 0 saturated heterocycles. The van der Waals surface area contributed by atoms with Crippen molar-refractivity contribution in [1.82, 2.24) is 0 Å². The van der Waals surface area contributed by atoms with E-state index in [0.29, 0.717) is 10.5 Å². The van der Waals surface area contributed by atoms with Crippen LogP contribution < -0.4 is 5.73 Å². The zero-order chi connectivity index (χ0) is 7.56. The summed E-state index contributed by atoms with van der Waals surface area (Å²) in [6.07, 6.45) is 0. The lowest BCUT2D eigenvalue weighted by molar-refractivity contribution is 0.605. The molecule has 0 saturated carbocycles. The highest BCUT2D eigenvalue weighted by molar-refractivity contribution is 7.80. The van der Waals surface area contributed by atoms with Crippen molar-refractivity contribution in [2.45, 2.75) is 11.4 Å². The second kappa shape index (κ2) is 3.03. The van der Waals surface area contributed by atoms with Gasteiger partial charge in [0.25, 0.3) is 0 Å². The van der Waals surface area contributed by atoms with Gasteiger partial charge in [0.15, 0.2) is 0 Å². The van der Waals surface area contributed by atoms with Crippen molar-refractivity contribution < 1.29 is 4.39 Å². The van der Waals surface area contributed by atoms with Crippen LogP contribution in [0.2, 0.25) is 0 Å². The van der Waals surface area contributed by atoms with Crippen molar-refractivity contribution >= 4 is 12.6 Å².